The van der Waals surface area contributed by atoms with Gasteiger partial charge in [0.1, 0.15) is 0 Å². The molecule has 0 bridgehead atoms. The fourth-order valence-corrected chi connectivity index (χ4v) is 2.08. The van der Waals surface area contributed by atoms with Gasteiger partial charge in [0, 0.05) is 12.1 Å². The number of nitrogens with one attached hydrogen (secondary N) is 1. The molecule has 1 amide bonds. The molecule has 1 heterocycles. The number of halogens is 2. The lowest BCUT2D eigenvalue weighted by Gasteiger charge is -2.11. The number of ether oxygens (including phenoxy) is 2. The second kappa shape index (κ2) is 7.08. The van der Waals surface area contributed by atoms with Gasteiger partial charge in [0.25, 0.3) is 5.91 Å². The van der Waals surface area contributed by atoms with Crippen LogP contribution in [0.3, 0.4) is 0 Å². The van der Waals surface area contributed by atoms with E-state index in [4.69, 9.17) is 4.74 Å². The zero-order chi connectivity index (χ0) is 17.0. The van der Waals surface area contributed by atoms with Gasteiger partial charge >= 0.3 is 6.61 Å². The number of hydrogen-bond acceptors (Lipinski definition) is 4. The molecule has 0 fully saturated rings. The van der Waals surface area contributed by atoms with Crippen molar-refractivity contribution in [1.29, 1.82) is 0 Å². The number of alkyl halides is 2. The van der Waals surface area contributed by atoms with E-state index in [1.165, 1.54) is 25.3 Å². The van der Waals surface area contributed by atoms with E-state index in [1.54, 1.807) is 10.9 Å². The lowest BCUT2D eigenvalue weighted by Crippen LogP contribution is -2.13. The summed E-state index contributed by atoms with van der Waals surface area (Å²) in [5, 5.41) is 6.86. The summed E-state index contributed by atoms with van der Waals surface area (Å²) in [6, 6.07) is 3.99. The van der Waals surface area contributed by atoms with Crippen LogP contribution < -0.4 is 14.8 Å². The molecule has 2 aromatic rings. The van der Waals surface area contributed by atoms with E-state index in [2.05, 4.69) is 15.2 Å². The molecule has 0 aliphatic carbocycles. The Labute approximate surface area is 132 Å². The van der Waals surface area contributed by atoms with E-state index >= 15 is 0 Å². The molecule has 1 N–H and O–H groups in total. The number of hydrogen-bond donors (Lipinski definition) is 1. The Balaban J connectivity index is 2.20. The normalized spacial score (nSPS) is 10.7. The molecule has 124 valence electrons. The van der Waals surface area contributed by atoms with Crippen LogP contribution in [0.2, 0.25) is 0 Å². The van der Waals surface area contributed by atoms with Crippen LogP contribution >= 0.6 is 0 Å². The van der Waals surface area contributed by atoms with Gasteiger partial charge in [-0.1, -0.05) is 0 Å². The molecule has 8 heteroatoms. The summed E-state index contributed by atoms with van der Waals surface area (Å²) >= 11 is 0. The van der Waals surface area contributed by atoms with Crippen LogP contribution in [-0.2, 0) is 6.54 Å². The number of aryl methyl sites for hydroxylation is 1. The van der Waals surface area contributed by atoms with Crippen molar-refractivity contribution in [2.75, 3.05) is 12.4 Å². The molecular weight excluding hydrogens is 308 g/mol. The number of amides is 1. The molecule has 0 radical (unpaired) electrons. The summed E-state index contributed by atoms with van der Waals surface area (Å²) in [6.07, 6.45) is 1.56. The molecule has 23 heavy (non-hydrogen) atoms. The van der Waals surface area contributed by atoms with Gasteiger partial charge in [-0.25, -0.2) is 0 Å². The minimum atomic E-state index is -2.97. The molecule has 0 atom stereocenters. The quantitative estimate of drug-likeness (QED) is 0.886. The first-order valence-electron chi connectivity index (χ1n) is 6.92. The highest BCUT2D eigenvalue weighted by Crippen LogP contribution is 2.29. The zero-order valence-corrected chi connectivity index (χ0v) is 13.0. The van der Waals surface area contributed by atoms with Gasteiger partial charge in [0.05, 0.1) is 24.7 Å². The monoisotopic (exact) mass is 325 g/mol. The minimum absolute atomic E-state index is 0.0546. The molecule has 0 aliphatic rings. The predicted molar refractivity (Wildman–Crippen MR) is 80.2 cm³/mol. The van der Waals surface area contributed by atoms with Crippen molar-refractivity contribution < 1.29 is 23.0 Å². The molecule has 1 aromatic heterocycles. The van der Waals surface area contributed by atoms with Gasteiger partial charge in [-0.3, -0.25) is 9.48 Å². The fourth-order valence-electron chi connectivity index (χ4n) is 2.08. The van der Waals surface area contributed by atoms with Crippen molar-refractivity contribution in [2.45, 2.75) is 27.0 Å². The van der Waals surface area contributed by atoms with Gasteiger partial charge in [0.2, 0.25) is 0 Å². The Morgan fingerprint density at radius 3 is 2.70 bits per heavy atom. The van der Waals surface area contributed by atoms with Gasteiger partial charge in [-0.05, 0) is 32.0 Å². The van der Waals surface area contributed by atoms with Crippen molar-refractivity contribution in [3.63, 3.8) is 0 Å². The number of anilines is 1. The number of carbonyl (C=O) groups is 1. The number of aromatic nitrogens is 2. The average Bonchev–Trinajstić information content (AvgIpc) is 2.87. The topological polar surface area (TPSA) is 65.4 Å². The van der Waals surface area contributed by atoms with E-state index in [0.717, 1.165) is 5.69 Å². The molecule has 1 aromatic carbocycles. The maximum atomic E-state index is 12.3. The van der Waals surface area contributed by atoms with E-state index in [-0.39, 0.29) is 17.1 Å². The van der Waals surface area contributed by atoms with Crippen LogP contribution in [0.15, 0.2) is 24.4 Å². The summed E-state index contributed by atoms with van der Waals surface area (Å²) < 4.78 is 35.6. The molecule has 0 aliphatic heterocycles. The van der Waals surface area contributed by atoms with Crippen LogP contribution in [0.4, 0.5) is 14.5 Å². The molecule has 2 rings (SSSR count). The highest BCUT2D eigenvalue weighted by molar-refractivity contribution is 6.04. The Morgan fingerprint density at radius 2 is 2.13 bits per heavy atom. The summed E-state index contributed by atoms with van der Waals surface area (Å²) in [5.41, 5.74) is 1.67. The first-order chi connectivity index (χ1) is 11.0. The third-order valence-electron chi connectivity index (χ3n) is 3.29. The summed E-state index contributed by atoms with van der Waals surface area (Å²) in [7, 11) is 1.31. The highest BCUT2D eigenvalue weighted by Gasteiger charge is 2.15. The smallest absolute Gasteiger partial charge is 0.387 e. The summed E-state index contributed by atoms with van der Waals surface area (Å²) in [4.78, 5) is 12.3. The lowest BCUT2D eigenvalue weighted by molar-refractivity contribution is -0.0512. The molecule has 0 saturated carbocycles. The zero-order valence-electron chi connectivity index (χ0n) is 13.0. The minimum Gasteiger partial charge on any atom is -0.493 e. The van der Waals surface area contributed by atoms with Crippen LogP contribution in [0, 0.1) is 6.92 Å². The molecule has 0 saturated heterocycles. The summed E-state index contributed by atoms with van der Waals surface area (Å²) in [6.45, 7) is 1.51. The van der Waals surface area contributed by atoms with Crippen LogP contribution in [0.25, 0.3) is 0 Å². The molecule has 6 nitrogen and oxygen atoms in total. The maximum absolute atomic E-state index is 12.3. The van der Waals surface area contributed by atoms with Gasteiger partial charge in [0.15, 0.2) is 11.5 Å². The van der Waals surface area contributed by atoms with Gasteiger partial charge in [-0.2, -0.15) is 13.9 Å². The maximum Gasteiger partial charge on any atom is 0.387 e. The van der Waals surface area contributed by atoms with Crippen molar-refractivity contribution in [3.8, 4) is 11.5 Å². The second-order valence-corrected chi connectivity index (χ2v) is 4.66. The Bertz CT molecular complexity index is 701. The molecule has 0 unspecified atom stereocenters. The average molecular weight is 325 g/mol. The lowest BCUT2D eigenvalue weighted by atomic mass is 10.2. The number of nitrogens with zero attached hydrogens (tertiary/aromatic N) is 2. The number of rotatable bonds is 6. The number of methoxy groups -OCH3 is 1. The van der Waals surface area contributed by atoms with E-state index in [9.17, 15) is 13.6 Å². The summed E-state index contributed by atoms with van der Waals surface area (Å²) in [5.74, 6) is -0.474. The second-order valence-electron chi connectivity index (χ2n) is 4.66. The van der Waals surface area contributed by atoms with E-state index < -0.39 is 12.5 Å². The first-order valence-corrected chi connectivity index (χ1v) is 6.92. The SMILES string of the molecule is CCn1ncc(NC(=O)c2ccc(OC(F)F)c(OC)c2)c1C. The van der Waals surface area contributed by atoms with E-state index in [0.29, 0.717) is 12.2 Å². The highest BCUT2D eigenvalue weighted by atomic mass is 19.3. The van der Waals surface area contributed by atoms with Crippen molar-refractivity contribution in [2.24, 2.45) is 0 Å². The first kappa shape index (κ1) is 16.7. The number of benzene rings is 1. The largest absolute Gasteiger partial charge is 0.493 e. The van der Waals surface area contributed by atoms with Crippen LogP contribution in [0.5, 0.6) is 11.5 Å². The third kappa shape index (κ3) is 3.77. The Hall–Kier alpha value is -2.64. The standard InChI is InChI=1S/C15H17F2N3O3/c1-4-20-9(2)11(8-18-20)19-14(21)10-5-6-12(23-15(16)17)13(7-10)22-3/h5-8,15H,4H2,1-3H3,(H,19,21). The van der Waals surface area contributed by atoms with E-state index in [1.807, 2.05) is 13.8 Å². The van der Waals surface area contributed by atoms with Crippen LogP contribution in [0.1, 0.15) is 23.0 Å². The third-order valence-corrected chi connectivity index (χ3v) is 3.29. The van der Waals surface area contributed by atoms with Crippen molar-refractivity contribution in [3.05, 3.63) is 35.7 Å². The fraction of sp³-hybridized carbons (Fsp3) is 0.333. The van der Waals surface area contributed by atoms with Gasteiger partial charge < -0.3 is 14.8 Å². The van der Waals surface area contributed by atoms with Crippen molar-refractivity contribution in [1.82, 2.24) is 9.78 Å². The predicted octanol–water partition coefficient (Wildman–Crippen LogP) is 3.07. The molecule has 0 spiro atoms. The Kier molecular flexibility index (Phi) is 5.15. The van der Waals surface area contributed by atoms with Gasteiger partial charge in [-0.15, -0.1) is 0 Å². The molecular formula is C15H17F2N3O3. The Morgan fingerprint density at radius 1 is 1.39 bits per heavy atom. The number of carbonyl (C=O) groups excluding carboxylic acids is 1. The van der Waals surface area contributed by atoms with Crippen molar-refractivity contribution >= 4 is 11.6 Å². The van der Waals surface area contributed by atoms with Crippen LogP contribution in [-0.4, -0.2) is 29.4 Å².